The van der Waals surface area contributed by atoms with Crippen LogP contribution in [0.4, 0.5) is 17.1 Å². The summed E-state index contributed by atoms with van der Waals surface area (Å²) in [6, 6.07) is 86.7. The third-order valence-corrected chi connectivity index (χ3v) is 14.6. The molecule has 0 atom stereocenters. The third kappa shape index (κ3) is 5.68. The Balaban J connectivity index is 0.947. The van der Waals surface area contributed by atoms with E-state index in [-0.39, 0.29) is 5.41 Å². The Morgan fingerprint density at radius 1 is 0.288 bits per heavy atom. The van der Waals surface area contributed by atoms with Gasteiger partial charge in [0, 0.05) is 33.6 Å². The van der Waals surface area contributed by atoms with Gasteiger partial charge in [-0.05, 0) is 132 Å². The van der Waals surface area contributed by atoms with Crippen LogP contribution in [-0.4, -0.2) is 0 Å². The Kier molecular flexibility index (Phi) is 8.51. The van der Waals surface area contributed by atoms with Crippen LogP contribution in [0, 0.1) is 0 Å². The van der Waals surface area contributed by atoms with E-state index in [2.05, 4.69) is 255 Å². The molecule has 2 aliphatic carbocycles. The summed E-state index contributed by atoms with van der Waals surface area (Å²) in [6.45, 7) is 4.70. The quantitative estimate of drug-likeness (QED) is 0.165. The van der Waals surface area contributed by atoms with Crippen molar-refractivity contribution in [3.05, 3.63) is 270 Å². The number of hydrogen-bond acceptors (Lipinski definition) is 2. The van der Waals surface area contributed by atoms with Gasteiger partial charge in [0.05, 0.1) is 5.41 Å². The molecule has 0 bridgehead atoms. The highest BCUT2D eigenvalue weighted by Crippen LogP contribution is 2.62. The maximum absolute atomic E-state index is 6.85. The van der Waals surface area contributed by atoms with E-state index in [0.29, 0.717) is 0 Å². The molecule has 0 saturated heterocycles. The van der Waals surface area contributed by atoms with Crippen LogP contribution in [0.5, 0.6) is 11.5 Å². The van der Waals surface area contributed by atoms with Crippen LogP contribution in [0.15, 0.2) is 237 Å². The molecule has 0 aromatic heterocycles. The molecule has 0 radical (unpaired) electrons. The van der Waals surface area contributed by atoms with Gasteiger partial charge >= 0.3 is 0 Å². The molecule has 0 saturated carbocycles. The zero-order chi connectivity index (χ0) is 44.0. The Bertz CT molecular complexity index is 3460. The van der Waals surface area contributed by atoms with Crippen LogP contribution in [0.3, 0.4) is 0 Å². The average molecular weight is 844 g/mol. The standard InChI is InChI=1S/C64H45NO/c1-63(2)55-19-9-6-16-51(55)54-38-32-47(40-59(54)63)46-30-35-49(36-31-46)65(48-33-28-45(29-34-48)44-26-24-43(25-27-44)42-14-4-3-5-15-42)50-37-39-62-60(41-50)64(58-22-12-13-23-61(58)66-62)56-20-10-7-17-52(56)53-18-8-11-21-57(53)64/h3-41H,1-2H3. The van der Waals surface area contributed by atoms with Crippen LogP contribution in [0.2, 0.25) is 0 Å². The molecule has 0 N–H and O–H groups in total. The van der Waals surface area contributed by atoms with Crippen LogP contribution in [0.1, 0.15) is 47.2 Å². The van der Waals surface area contributed by atoms with Gasteiger partial charge in [0.25, 0.3) is 0 Å². The van der Waals surface area contributed by atoms with E-state index in [9.17, 15) is 0 Å². The number of para-hydroxylation sites is 1. The summed E-state index contributed by atoms with van der Waals surface area (Å²) in [4.78, 5) is 2.40. The van der Waals surface area contributed by atoms with Crippen molar-refractivity contribution in [2.24, 2.45) is 0 Å². The van der Waals surface area contributed by atoms with E-state index >= 15 is 0 Å². The van der Waals surface area contributed by atoms with Crippen molar-refractivity contribution in [2.45, 2.75) is 24.7 Å². The molecule has 1 spiro atoms. The second kappa shape index (κ2) is 14.7. The third-order valence-electron chi connectivity index (χ3n) is 14.6. The molecule has 0 fully saturated rings. The molecule has 2 nitrogen and oxygen atoms in total. The van der Waals surface area contributed by atoms with Crippen molar-refractivity contribution in [3.63, 3.8) is 0 Å². The zero-order valence-electron chi connectivity index (χ0n) is 36.9. The Hall–Kier alpha value is -8.20. The van der Waals surface area contributed by atoms with Gasteiger partial charge in [-0.25, -0.2) is 0 Å². The molecule has 66 heavy (non-hydrogen) atoms. The van der Waals surface area contributed by atoms with Gasteiger partial charge in [0.15, 0.2) is 0 Å². The van der Waals surface area contributed by atoms with Crippen molar-refractivity contribution >= 4 is 17.1 Å². The van der Waals surface area contributed by atoms with Gasteiger partial charge in [-0.15, -0.1) is 0 Å². The monoisotopic (exact) mass is 843 g/mol. The van der Waals surface area contributed by atoms with E-state index in [1.54, 1.807) is 0 Å². The highest BCUT2D eigenvalue weighted by Gasteiger charge is 2.51. The highest BCUT2D eigenvalue weighted by atomic mass is 16.5. The van der Waals surface area contributed by atoms with E-state index in [4.69, 9.17) is 4.74 Å². The molecular weight excluding hydrogens is 799 g/mol. The summed E-state index contributed by atoms with van der Waals surface area (Å²) in [6.07, 6.45) is 0. The molecule has 0 unspecified atom stereocenters. The van der Waals surface area contributed by atoms with Crippen LogP contribution in [-0.2, 0) is 10.8 Å². The fraction of sp³-hybridized carbons (Fsp3) is 0.0625. The minimum Gasteiger partial charge on any atom is -0.457 e. The molecule has 1 heterocycles. The van der Waals surface area contributed by atoms with Crippen molar-refractivity contribution in [1.29, 1.82) is 0 Å². The number of nitrogens with zero attached hydrogens (tertiary/aromatic N) is 1. The fourth-order valence-electron chi connectivity index (χ4n) is 11.4. The minimum absolute atomic E-state index is 0.0663. The largest absolute Gasteiger partial charge is 0.457 e. The molecule has 0 amide bonds. The second-order valence-corrected chi connectivity index (χ2v) is 18.4. The minimum atomic E-state index is -0.570. The van der Waals surface area contributed by atoms with Crippen molar-refractivity contribution in [1.82, 2.24) is 0 Å². The summed E-state index contributed by atoms with van der Waals surface area (Å²) in [7, 11) is 0. The topological polar surface area (TPSA) is 12.5 Å². The summed E-state index contributed by atoms with van der Waals surface area (Å²) >= 11 is 0. The van der Waals surface area contributed by atoms with Crippen LogP contribution < -0.4 is 9.64 Å². The summed E-state index contributed by atoms with van der Waals surface area (Å²) in [5.41, 5.74) is 22.6. The Morgan fingerprint density at radius 3 is 1.30 bits per heavy atom. The van der Waals surface area contributed by atoms with Gasteiger partial charge in [-0.2, -0.15) is 0 Å². The lowest BCUT2D eigenvalue weighted by atomic mass is 9.66. The summed E-state index contributed by atoms with van der Waals surface area (Å²) in [5.74, 6) is 1.76. The van der Waals surface area contributed by atoms with Crippen molar-refractivity contribution < 1.29 is 4.74 Å². The van der Waals surface area contributed by atoms with E-state index < -0.39 is 5.41 Å². The molecule has 13 rings (SSSR count). The lowest BCUT2D eigenvalue weighted by Gasteiger charge is -2.40. The molecule has 2 heteroatoms. The fourth-order valence-corrected chi connectivity index (χ4v) is 11.4. The predicted molar refractivity (Wildman–Crippen MR) is 272 cm³/mol. The first-order valence-corrected chi connectivity index (χ1v) is 23.0. The maximum Gasteiger partial charge on any atom is 0.132 e. The predicted octanol–water partition coefficient (Wildman–Crippen LogP) is 16.9. The van der Waals surface area contributed by atoms with Gasteiger partial charge in [0.1, 0.15) is 11.5 Å². The lowest BCUT2D eigenvalue weighted by Crippen LogP contribution is -2.32. The second-order valence-electron chi connectivity index (χ2n) is 18.4. The average Bonchev–Trinajstić information content (AvgIpc) is 3.80. The lowest BCUT2D eigenvalue weighted by molar-refractivity contribution is 0.436. The van der Waals surface area contributed by atoms with Gasteiger partial charge in [-0.1, -0.05) is 196 Å². The first kappa shape index (κ1) is 38.3. The number of fused-ring (bicyclic) bond motifs is 12. The molecule has 10 aromatic rings. The molecule has 10 aromatic carbocycles. The first-order chi connectivity index (χ1) is 32.5. The van der Waals surface area contributed by atoms with E-state index in [1.165, 1.54) is 77.9 Å². The SMILES string of the molecule is CC1(C)c2ccccc2-c2ccc(-c3ccc(N(c4ccc(-c5ccc(-c6ccccc6)cc5)cc4)c4ccc5c(c4)C4(c6ccccc6O5)c5ccccc5-c5ccccc54)cc3)cc21. The number of rotatable bonds is 6. The zero-order valence-corrected chi connectivity index (χ0v) is 36.9. The highest BCUT2D eigenvalue weighted by molar-refractivity contribution is 5.90. The number of benzene rings is 10. The summed E-state index contributed by atoms with van der Waals surface area (Å²) < 4.78 is 6.85. The van der Waals surface area contributed by atoms with Gasteiger partial charge in [-0.3, -0.25) is 0 Å². The van der Waals surface area contributed by atoms with Crippen molar-refractivity contribution in [3.8, 4) is 67.1 Å². The smallest absolute Gasteiger partial charge is 0.132 e. The summed E-state index contributed by atoms with van der Waals surface area (Å²) in [5, 5.41) is 0. The normalized spacial score (nSPS) is 14.0. The first-order valence-electron chi connectivity index (χ1n) is 23.0. The molecule has 3 aliphatic rings. The number of ether oxygens (including phenoxy) is 1. The maximum atomic E-state index is 6.85. The molecule has 1 aliphatic heterocycles. The number of hydrogen-bond donors (Lipinski definition) is 0. The van der Waals surface area contributed by atoms with E-state index in [1.807, 2.05) is 0 Å². The van der Waals surface area contributed by atoms with Crippen molar-refractivity contribution in [2.75, 3.05) is 4.90 Å². The Labute approximate surface area is 386 Å². The van der Waals surface area contributed by atoms with Gasteiger partial charge < -0.3 is 9.64 Å². The Morgan fingerprint density at radius 2 is 0.697 bits per heavy atom. The van der Waals surface area contributed by atoms with E-state index in [0.717, 1.165) is 39.7 Å². The van der Waals surface area contributed by atoms with Gasteiger partial charge in [0.2, 0.25) is 0 Å². The number of anilines is 3. The molecule has 312 valence electrons. The molecular formula is C64H45NO. The van der Waals surface area contributed by atoms with Crippen LogP contribution >= 0.6 is 0 Å². The van der Waals surface area contributed by atoms with Crippen LogP contribution in [0.25, 0.3) is 55.6 Å².